The Morgan fingerprint density at radius 2 is 1.94 bits per heavy atom. The SMILES string of the molecule is COc1ccc2c(Nc3ccc(Cl)cc3F)nc(N3CCC(N4CCCC(CO)C4)CC3)nc2c1. The zero-order valence-electron chi connectivity index (χ0n) is 19.9. The van der Waals surface area contributed by atoms with Crippen molar-refractivity contribution in [2.45, 2.75) is 31.7 Å². The van der Waals surface area contributed by atoms with Crippen molar-refractivity contribution in [2.75, 3.05) is 50.1 Å². The Bertz CT molecular complexity index is 1190. The molecule has 2 aliphatic heterocycles. The minimum absolute atomic E-state index is 0.272. The maximum absolute atomic E-state index is 14.5. The van der Waals surface area contributed by atoms with E-state index >= 15 is 0 Å². The number of hydrogen-bond acceptors (Lipinski definition) is 7. The summed E-state index contributed by atoms with van der Waals surface area (Å²) in [6.45, 7) is 4.04. The summed E-state index contributed by atoms with van der Waals surface area (Å²) in [4.78, 5) is 14.4. The molecule has 186 valence electrons. The lowest BCUT2D eigenvalue weighted by Crippen LogP contribution is -2.49. The Morgan fingerprint density at radius 3 is 2.69 bits per heavy atom. The van der Waals surface area contributed by atoms with E-state index in [1.54, 1.807) is 19.2 Å². The third-order valence-corrected chi connectivity index (χ3v) is 7.38. The molecule has 0 aliphatic carbocycles. The highest BCUT2D eigenvalue weighted by Crippen LogP contribution is 2.32. The second-order valence-corrected chi connectivity index (χ2v) is 9.84. The van der Waals surface area contributed by atoms with Crippen LogP contribution in [0.15, 0.2) is 36.4 Å². The number of nitrogens with zero attached hydrogens (tertiary/aromatic N) is 4. The second-order valence-electron chi connectivity index (χ2n) is 9.41. The molecule has 2 aliphatic rings. The van der Waals surface area contributed by atoms with Crippen LogP contribution in [0.5, 0.6) is 5.75 Å². The summed E-state index contributed by atoms with van der Waals surface area (Å²) in [5.41, 5.74) is 1.04. The first-order chi connectivity index (χ1) is 17.0. The molecule has 1 unspecified atom stereocenters. The molecular weight excluding hydrogens is 469 g/mol. The number of nitrogens with one attached hydrogen (secondary N) is 1. The number of rotatable bonds is 6. The van der Waals surface area contributed by atoms with Gasteiger partial charge in [0.1, 0.15) is 17.4 Å². The van der Waals surface area contributed by atoms with Crippen LogP contribution in [-0.2, 0) is 0 Å². The molecule has 2 N–H and O–H groups in total. The van der Waals surface area contributed by atoms with Crippen molar-refractivity contribution in [3.8, 4) is 5.75 Å². The maximum Gasteiger partial charge on any atom is 0.227 e. The number of aromatic nitrogens is 2. The van der Waals surface area contributed by atoms with Crippen LogP contribution in [0.4, 0.5) is 21.8 Å². The van der Waals surface area contributed by atoms with E-state index in [1.165, 1.54) is 6.07 Å². The Hall–Kier alpha value is -2.68. The normalized spacial score (nSPS) is 19.8. The maximum atomic E-state index is 14.5. The van der Waals surface area contributed by atoms with Crippen molar-refractivity contribution in [3.05, 3.63) is 47.2 Å². The third kappa shape index (κ3) is 5.29. The van der Waals surface area contributed by atoms with Crippen molar-refractivity contribution in [1.29, 1.82) is 0 Å². The number of benzene rings is 2. The number of methoxy groups -OCH3 is 1. The van der Waals surface area contributed by atoms with Gasteiger partial charge in [0, 0.05) is 48.8 Å². The molecule has 1 aromatic heterocycles. The molecule has 9 heteroatoms. The Morgan fingerprint density at radius 1 is 1.11 bits per heavy atom. The lowest BCUT2D eigenvalue weighted by molar-refractivity contribution is 0.0776. The molecule has 2 aromatic carbocycles. The minimum atomic E-state index is -0.442. The van der Waals surface area contributed by atoms with Crippen LogP contribution in [0.1, 0.15) is 25.7 Å². The van der Waals surface area contributed by atoms with E-state index < -0.39 is 5.82 Å². The fraction of sp³-hybridized carbons (Fsp3) is 0.462. The van der Waals surface area contributed by atoms with Gasteiger partial charge >= 0.3 is 0 Å². The van der Waals surface area contributed by atoms with E-state index in [-0.39, 0.29) is 6.61 Å². The van der Waals surface area contributed by atoms with Gasteiger partial charge in [-0.1, -0.05) is 11.6 Å². The molecule has 2 fully saturated rings. The van der Waals surface area contributed by atoms with Crippen LogP contribution in [0.2, 0.25) is 5.02 Å². The summed E-state index contributed by atoms with van der Waals surface area (Å²) in [5, 5.41) is 13.9. The van der Waals surface area contributed by atoms with Crippen LogP contribution < -0.4 is 15.0 Å². The number of piperidine rings is 2. The first-order valence-electron chi connectivity index (χ1n) is 12.2. The fourth-order valence-corrected chi connectivity index (χ4v) is 5.35. The first kappa shape index (κ1) is 24.0. The smallest absolute Gasteiger partial charge is 0.227 e. The summed E-state index contributed by atoms with van der Waals surface area (Å²) in [7, 11) is 1.62. The van der Waals surface area contributed by atoms with Gasteiger partial charge in [0.2, 0.25) is 5.95 Å². The van der Waals surface area contributed by atoms with Crippen LogP contribution >= 0.6 is 11.6 Å². The molecule has 1 atom stereocenters. The minimum Gasteiger partial charge on any atom is -0.497 e. The predicted octanol–water partition coefficient (Wildman–Crippen LogP) is 4.85. The molecule has 3 aromatic rings. The van der Waals surface area contributed by atoms with Crippen LogP contribution in [0.3, 0.4) is 0 Å². The molecule has 0 amide bonds. The number of fused-ring (bicyclic) bond motifs is 1. The third-order valence-electron chi connectivity index (χ3n) is 7.15. The summed E-state index contributed by atoms with van der Waals surface area (Å²) in [6.07, 6.45) is 4.31. The zero-order chi connectivity index (χ0) is 24.4. The number of anilines is 3. The summed E-state index contributed by atoms with van der Waals surface area (Å²) in [5.74, 6) is 1.81. The molecule has 3 heterocycles. The predicted molar refractivity (Wildman–Crippen MR) is 137 cm³/mol. The number of halogens is 2. The van der Waals surface area contributed by atoms with Crippen LogP contribution in [0, 0.1) is 11.7 Å². The van der Waals surface area contributed by atoms with Gasteiger partial charge in [0.15, 0.2) is 0 Å². The molecular formula is C26H31ClFN5O2. The van der Waals surface area contributed by atoms with Crippen LogP contribution in [0.25, 0.3) is 10.9 Å². The van der Waals surface area contributed by atoms with Crippen LogP contribution in [-0.4, -0.2) is 65.9 Å². The second kappa shape index (κ2) is 10.5. The molecule has 0 spiro atoms. The first-order valence-corrected chi connectivity index (χ1v) is 12.6. The number of ether oxygens (including phenoxy) is 1. The van der Waals surface area contributed by atoms with Gasteiger partial charge in [-0.05, 0) is 68.5 Å². The van der Waals surface area contributed by atoms with Crippen molar-refractivity contribution in [3.63, 3.8) is 0 Å². The summed E-state index contributed by atoms with van der Waals surface area (Å²) < 4.78 is 19.9. The van der Waals surface area contributed by atoms with Gasteiger partial charge < -0.3 is 20.1 Å². The highest BCUT2D eigenvalue weighted by Gasteiger charge is 2.29. The van der Waals surface area contributed by atoms with Crippen molar-refractivity contribution >= 4 is 40.0 Å². The van der Waals surface area contributed by atoms with Crippen molar-refractivity contribution in [1.82, 2.24) is 14.9 Å². The van der Waals surface area contributed by atoms with E-state index in [9.17, 15) is 9.50 Å². The van der Waals surface area contributed by atoms with E-state index in [4.69, 9.17) is 26.3 Å². The summed E-state index contributed by atoms with van der Waals surface area (Å²) in [6, 6.07) is 10.7. The quantitative estimate of drug-likeness (QED) is 0.502. The lowest BCUT2D eigenvalue weighted by atomic mass is 9.94. The summed E-state index contributed by atoms with van der Waals surface area (Å²) >= 11 is 5.93. The average molecular weight is 500 g/mol. The zero-order valence-corrected chi connectivity index (χ0v) is 20.6. The van der Waals surface area contributed by atoms with Gasteiger partial charge in [-0.25, -0.2) is 9.37 Å². The topological polar surface area (TPSA) is 73.8 Å². The molecule has 35 heavy (non-hydrogen) atoms. The van der Waals surface area contributed by atoms with E-state index in [0.717, 1.165) is 62.8 Å². The van der Waals surface area contributed by atoms with E-state index in [1.807, 2.05) is 18.2 Å². The fourth-order valence-electron chi connectivity index (χ4n) is 5.19. The monoisotopic (exact) mass is 499 g/mol. The van der Waals surface area contributed by atoms with Crippen molar-refractivity contribution in [2.24, 2.45) is 5.92 Å². The highest BCUT2D eigenvalue weighted by molar-refractivity contribution is 6.30. The largest absolute Gasteiger partial charge is 0.497 e. The Labute approximate surface area is 209 Å². The van der Waals surface area contributed by atoms with Gasteiger partial charge in [0.25, 0.3) is 0 Å². The number of aliphatic hydroxyl groups is 1. The molecule has 7 nitrogen and oxygen atoms in total. The highest BCUT2D eigenvalue weighted by atomic mass is 35.5. The van der Waals surface area contributed by atoms with Gasteiger partial charge in [-0.15, -0.1) is 0 Å². The Balaban J connectivity index is 1.40. The Kier molecular flexibility index (Phi) is 7.22. The van der Waals surface area contributed by atoms with E-state index in [2.05, 4.69) is 15.1 Å². The molecule has 0 bridgehead atoms. The molecule has 5 rings (SSSR count). The average Bonchev–Trinajstić information content (AvgIpc) is 2.90. The van der Waals surface area contributed by atoms with Gasteiger partial charge in [-0.3, -0.25) is 4.90 Å². The molecule has 0 saturated carbocycles. The van der Waals surface area contributed by atoms with Gasteiger partial charge in [-0.2, -0.15) is 4.98 Å². The lowest BCUT2D eigenvalue weighted by Gasteiger charge is -2.42. The van der Waals surface area contributed by atoms with Gasteiger partial charge in [0.05, 0.1) is 18.3 Å². The number of hydrogen-bond donors (Lipinski definition) is 2. The molecule has 0 radical (unpaired) electrons. The standard InChI is InChI=1S/C26H31ClFN5O2/c1-35-20-5-6-21-24(14-20)30-26(31-25(21)29-23-7-4-18(27)13-22(23)28)32-11-8-19(9-12-32)33-10-2-3-17(15-33)16-34/h4-7,13-14,17,19,34H,2-3,8-12,15-16H2,1H3,(H,29,30,31). The number of likely N-dealkylation sites (tertiary alicyclic amines) is 1. The van der Waals surface area contributed by atoms with E-state index in [0.29, 0.717) is 40.2 Å². The number of aliphatic hydroxyl groups excluding tert-OH is 1. The molecule has 2 saturated heterocycles. The van der Waals surface area contributed by atoms with Crippen molar-refractivity contribution < 1.29 is 14.2 Å².